The molecule has 0 aliphatic heterocycles. The van der Waals surface area contributed by atoms with Crippen molar-refractivity contribution in [3.8, 4) is 0 Å². The summed E-state index contributed by atoms with van der Waals surface area (Å²) >= 11 is 1.85. The Morgan fingerprint density at radius 3 is 2.60 bits per heavy atom. The second-order valence-electron chi connectivity index (χ2n) is 2.69. The van der Waals surface area contributed by atoms with Crippen LogP contribution >= 0.6 is 11.8 Å². The maximum Gasteiger partial charge on any atom is 0.0234 e. The molecule has 0 aromatic rings. The van der Waals surface area contributed by atoms with Gasteiger partial charge in [-0.05, 0) is 32.3 Å². The van der Waals surface area contributed by atoms with Gasteiger partial charge in [-0.3, -0.25) is 0 Å². The minimum absolute atomic E-state index is 0.262. The van der Waals surface area contributed by atoms with Crippen LogP contribution in [0.25, 0.3) is 0 Å². The molecule has 0 amide bonds. The van der Waals surface area contributed by atoms with E-state index in [9.17, 15) is 0 Å². The lowest BCUT2D eigenvalue weighted by atomic mass is 10.2. The Morgan fingerprint density at radius 2 is 2.20 bits per heavy atom. The Labute approximate surface area is 68.1 Å². The molecule has 0 saturated heterocycles. The summed E-state index contributed by atoms with van der Waals surface area (Å²) in [4.78, 5) is 0. The van der Waals surface area contributed by atoms with E-state index in [0.29, 0.717) is 0 Å². The molecule has 2 heteroatoms. The maximum absolute atomic E-state index is 5.77. The molecule has 0 aliphatic rings. The van der Waals surface area contributed by atoms with Crippen LogP contribution < -0.4 is 5.73 Å². The van der Waals surface area contributed by atoms with E-state index >= 15 is 0 Å². The van der Waals surface area contributed by atoms with Crippen LogP contribution in [0.1, 0.15) is 20.3 Å². The van der Waals surface area contributed by atoms with Crippen LogP contribution in [0.5, 0.6) is 0 Å². The van der Waals surface area contributed by atoms with Crippen LogP contribution in [-0.4, -0.2) is 18.1 Å². The molecule has 0 saturated carbocycles. The summed E-state index contributed by atoms with van der Waals surface area (Å²) in [5.41, 5.74) is 7.08. The van der Waals surface area contributed by atoms with Gasteiger partial charge in [0, 0.05) is 6.04 Å². The van der Waals surface area contributed by atoms with Crippen molar-refractivity contribution in [3.63, 3.8) is 0 Å². The van der Waals surface area contributed by atoms with Gasteiger partial charge in [-0.15, -0.1) is 0 Å². The predicted molar refractivity (Wildman–Crippen MR) is 50.4 cm³/mol. The molecule has 0 aromatic heterocycles. The average Bonchev–Trinajstić information content (AvgIpc) is 1.82. The SMILES string of the molecule is CSCCC(N)C=C(C)C. The molecule has 0 spiro atoms. The van der Waals surface area contributed by atoms with E-state index in [2.05, 4.69) is 26.2 Å². The molecule has 2 N–H and O–H groups in total. The predicted octanol–water partition coefficient (Wildman–Crippen LogP) is 2.03. The second kappa shape index (κ2) is 5.81. The summed E-state index contributed by atoms with van der Waals surface area (Å²) in [6.07, 6.45) is 5.32. The molecule has 0 aliphatic carbocycles. The zero-order chi connectivity index (χ0) is 7.98. The molecule has 0 aromatic carbocycles. The highest BCUT2D eigenvalue weighted by atomic mass is 32.2. The van der Waals surface area contributed by atoms with E-state index in [1.165, 1.54) is 5.57 Å². The molecule has 60 valence electrons. The third kappa shape index (κ3) is 6.17. The average molecular weight is 159 g/mol. The van der Waals surface area contributed by atoms with Gasteiger partial charge in [-0.25, -0.2) is 0 Å². The Bertz CT molecular complexity index is 106. The summed E-state index contributed by atoms with van der Waals surface area (Å²) < 4.78 is 0. The maximum atomic E-state index is 5.77. The number of hydrogen-bond acceptors (Lipinski definition) is 2. The molecule has 1 nitrogen and oxygen atoms in total. The minimum atomic E-state index is 0.262. The van der Waals surface area contributed by atoms with Gasteiger partial charge in [-0.2, -0.15) is 11.8 Å². The highest BCUT2D eigenvalue weighted by Crippen LogP contribution is 2.01. The first-order chi connectivity index (χ1) is 4.66. The van der Waals surface area contributed by atoms with Gasteiger partial charge in [-0.1, -0.05) is 11.6 Å². The lowest BCUT2D eigenvalue weighted by molar-refractivity contribution is 0.784. The van der Waals surface area contributed by atoms with E-state index < -0.39 is 0 Å². The van der Waals surface area contributed by atoms with Crippen LogP contribution in [0.4, 0.5) is 0 Å². The van der Waals surface area contributed by atoms with Gasteiger partial charge >= 0.3 is 0 Å². The number of hydrogen-bond donors (Lipinski definition) is 1. The molecule has 0 fully saturated rings. The fourth-order valence-corrected chi connectivity index (χ4v) is 1.27. The number of allylic oxidation sites excluding steroid dienone is 1. The molecule has 0 bridgehead atoms. The lowest BCUT2D eigenvalue weighted by Crippen LogP contribution is -2.17. The first kappa shape index (κ1) is 10.0. The third-order valence-electron chi connectivity index (χ3n) is 1.20. The summed E-state index contributed by atoms with van der Waals surface area (Å²) in [6, 6.07) is 0.262. The third-order valence-corrected chi connectivity index (χ3v) is 1.85. The summed E-state index contributed by atoms with van der Waals surface area (Å²) in [5, 5.41) is 0. The quantitative estimate of drug-likeness (QED) is 0.635. The van der Waals surface area contributed by atoms with E-state index in [-0.39, 0.29) is 6.04 Å². The summed E-state index contributed by atoms with van der Waals surface area (Å²) in [5.74, 6) is 1.16. The van der Waals surface area contributed by atoms with Crippen LogP contribution in [0.15, 0.2) is 11.6 Å². The van der Waals surface area contributed by atoms with Crippen molar-refractivity contribution in [1.29, 1.82) is 0 Å². The zero-order valence-electron chi connectivity index (χ0n) is 7.05. The molecule has 0 rings (SSSR count). The summed E-state index contributed by atoms with van der Waals surface area (Å²) in [6.45, 7) is 4.16. The molecule has 1 atom stereocenters. The molecule has 0 heterocycles. The second-order valence-corrected chi connectivity index (χ2v) is 3.67. The minimum Gasteiger partial charge on any atom is -0.324 e. The van der Waals surface area contributed by atoms with Crippen LogP contribution in [0.3, 0.4) is 0 Å². The van der Waals surface area contributed by atoms with Crippen LogP contribution in [-0.2, 0) is 0 Å². The Kier molecular flexibility index (Phi) is 5.84. The fourth-order valence-electron chi connectivity index (χ4n) is 0.765. The van der Waals surface area contributed by atoms with Crippen molar-refractivity contribution in [2.45, 2.75) is 26.3 Å². The van der Waals surface area contributed by atoms with E-state index in [4.69, 9.17) is 5.73 Å². The van der Waals surface area contributed by atoms with Crippen molar-refractivity contribution < 1.29 is 0 Å². The number of rotatable bonds is 4. The molecule has 1 unspecified atom stereocenters. The van der Waals surface area contributed by atoms with Gasteiger partial charge in [0.25, 0.3) is 0 Å². The largest absolute Gasteiger partial charge is 0.324 e. The number of nitrogens with two attached hydrogens (primary N) is 1. The summed E-state index contributed by atoms with van der Waals surface area (Å²) in [7, 11) is 0. The zero-order valence-corrected chi connectivity index (χ0v) is 7.87. The Balaban J connectivity index is 3.43. The normalized spacial score (nSPS) is 12.8. The van der Waals surface area contributed by atoms with Gasteiger partial charge in [0.05, 0.1) is 0 Å². The van der Waals surface area contributed by atoms with E-state index in [1.54, 1.807) is 0 Å². The van der Waals surface area contributed by atoms with Gasteiger partial charge in [0.1, 0.15) is 0 Å². The van der Waals surface area contributed by atoms with Gasteiger partial charge in [0.2, 0.25) is 0 Å². The van der Waals surface area contributed by atoms with Crippen molar-refractivity contribution in [2.24, 2.45) is 5.73 Å². The highest BCUT2D eigenvalue weighted by molar-refractivity contribution is 7.98. The van der Waals surface area contributed by atoms with Gasteiger partial charge < -0.3 is 5.73 Å². The van der Waals surface area contributed by atoms with Crippen molar-refractivity contribution in [3.05, 3.63) is 11.6 Å². The monoisotopic (exact) mass is 159 g/mol. The Hall–Kier alpha value is 0.0500. The van der Waals surface area contributed by atoms with Gasteiger partial charge in [0.15, 0.2) is 0 Å². The van der Waals surface area contributed by atoms with Crippen LogP contribution in [0.2, 0.25) is 0 Å². The highest BCUT2D eigenvalue weighted by Gasteiger charge is 1.95. The Morgan fingerprint density at radius 1 is 1.60 bits per heavy atom. The standard InChI is InChI=1S/C8H17NS/c1-7(2)6-8(9)4-5-10-3/h6,8H,4-5,9H2,1-3H3. The fraction of sp³-hybridized carbons (Fsp3) is 0.750. The van der Waals surface area contributed by atoms with E-state index in [0.717, 1.165) is 12.2 Å². The smallest absolute Gasteiger partial charge is 0.0234 e. The first-order valence-electron chi connectivity index (χ1n) is 3.56. The molecule has 0 radical (unpaired) electrons. The molecular weight excluding hydrogens is 142 g/mol. The molecular formula is C8H17NS. The van der Waals surface area contributed by atoms with Crippen LogP contribution in [0, 0.1) is 0 Å². The molecule has 10 heavy (non-hydrogen) atoms. The van der Waals surface area contributed by atoms with E-state index in [1.807, 2.05) is 11.8 Å². The van der Waals surface area contributed by atoms with Crippen molar-refractivity contribution in [2.75, 3.05) is 12.0 Å². The van der Waals surface area contributed by atoms with Crippen molar-refractivity contribution in [1.82, 2.24) is 0 Å². The first-order valence-corrected chi connectivity index (χ1v) is 4.95. The topological polar surface area (TPSA) is 26.0 Å². The number of thioether (sulfide) groups is 1. The van der Waals surface area contributed by atoms with Crippen molar-refractivity contribution >= 4 is 11.8 Å². The lowest BCUT2D eigenvalue weighted by Gasteiger charge is -2.04.